The van der Waals surface area contributed by atoms with E-state index in [1.165, 1.54) is 12.8 Å². The van der Waals surface area contributed by atoms with Crippen molar-refractivity contribution in [3.63, 3.8) is 0 Å². The van der Waals surface area contributed by atoms with Crippen LogP contribution in [0.4, 0.5) is 0 Å². The zero-order valence-corrected chi connectivity index (χ0v) is 9.45. The van der Waals surface area contributed by atoms with Crippen LogP contribution in [-0.4, -0.2) is 36.6 Å². The van der Waals surface area contributed by atoms with Crippen LogP contribution in [0.5, 0.6) is 0 Å². The Morgan fingerprint density at radius 2 is 2.29 bits per heavy atom. The minimum atomic E-state index is -0.0888. The van der Waals surface area contributed by atoms with Crippen LogP contribution >= 0.6 is 0 Å². The fourth-order valence-corrected chi connectivity index (χ4v) is 1.91. The summed E-state index contributed by atoms with van der Waals surface area (Å²) in [5.74, 6) is 0.629. The van der Waals surface area contributed by atoms with Gasteiger partial charge in [-0.15, -0.1) is 0 Å². The van der Waals surface area contributed by atoms with Crippen LogP contribution in [0.25, 0.3) is 0 Å². The van der Waals surface area contributed by atoms with Crippen molar-refractivity contribution in [3.8, 4) is 0 Å². The van der Waals surface area contributed by atoms with Crippen molar-refractivity contribution < 1.29 is 9.53 Å². The van der Waals surface area contributed by atoms with E-state index in [1.54, 1.807) is 0 Å². The van der Waals surface area contributed by atoms with Crippen molar-refractivity contribution in [1.29, 1.82) is 0 Å². The Morgan fingerprint density at radius 3 is 2.86 bits per heavy atom. The Morgan fingerprint density at radius 1 is 1.57 bits per heavy atom. The standard InChI is InChI=1S/C11H21NO2/c1-9(2)14-11(13)8-12-6-4-5-10(3)7-12/h9-10H,4-8H2,1-3H3. The van der Waals surface area contributed by atoms with E-state index >= 15 is 0 Å². The van der Waals surface area contributed by atoms with Crippen LogP contribution in [0, 0.1) is 5.92 Å². The number of ether oxygens (including phenoxy) is 1. The second kappa shape index (κ2) is 5.35. The average molecular weight is 199 g/mol. The number of carbonyl (C=O) groups is 1. The first-order valence-corrected chi connectivity index (χ1v) is 5.49. The predicted octanol–water partition coefficient (Wildman–Crippen LogP) is 1.67. The number of esters is 1. The molecule has 0 bridgehead atoms. The molecule has 3 nitrogen and oxygen atoms in total. The lowest BCUT2D eigenvalue weighted by Crippen LogP contribution is -2.39. The van der Waals surface area contributed by atoms with Crippen LogP contribution in [0.1, 0.15) is 33.6 Å². The maximum absolute atomic E-state index is 11.4. The fourth-order valence-electron chi connectivity index (χ4n) is 1.91. The van der Waals surface area contributed by atoms with Gasteiger partial charge in [-0.25, -0.2) is 0 Å². The third-order valence-electron chi connectivity index (χ3n) is 2.46. The van der Waals surface area contributed by atoms with Gasteiger partial charge in [-0.3, -0.25) is 9.69 Å². The SMILES string of the molecule is CC1CCCN(CC(=O)OC(C)C)C1. The monoisotopic (exact) mass is 199 g/mol. The molecule has 0 spiro atoms. The Bertz CT molecular complexity index is 192. The number of rotatable bonds is 3. The van der Waals surface area contributed by atoms with Gasteiger partial charge < -0.3 is 4.74 Å². The molecule has 1 atom stereocenters. The molecule has 1 aliphatic heterocycles. The fraction of sp³-hybridized carbons (Fsp3) is 0.909. The van der Waals surface area contributed by atoms with Gasteiger partial charge in [0.25, 0.3) is 0 Å². The summed E-state index contributed by atoms with van der Waals surface area (Å²) in [6, 6.07) is 0. The summed E-state index contributed by atoms with van der Waals surface area (Å²) >= 11 is 0. The number of piperidine rings is 1. The smallest absolute Gasteiger partial charge is 0.320 e. The highest BCUT2D eigenvalue weighted by atomic mass is 16.5. The van der Waals surface area contributed by atoms with Crippen molar-refractivity contribution in [2.75, 3.05) is 19.6 Å². The maximum Gasteiger partial charge on any atom is 0.320 e. The second-order valence-corrected chi connectivity index (χ2v) is 4.52. The summed E-state index contributed by atoms with van der Waals surface area (Å²) in [6.45, 7) is 8.54. The summed E-state index contributed by atoms with van der Waals surface area (Å²) in [4.78, 5) is 13.6. The first-order valence-electron chi connectivity index (χ1n) is 5.49. The molecular weight excluding hydrogens is 178 g/mol. The van der Waals surface area contributed by atoms with Crippen LogP contribution < -0.4 is 0 Å². The highest BCUT2D eigenvalue weighted by Gasteiger charge is 2.19. The summed E-state index contributed by atoms with van der Waals surface area (Å²) in [6.07, 6.45) is 2.50. The van der Waals surface area contributed by atoms with E-state index in [9.17, 15) is 4.79 Å². The minimum Gasteiger partial charge on any atom is -0.462 e. The normalized spacial score (nSPS) is 23.9. The molecule has 0 amide bonds. The van der Waals surface area contributed by atoms with Crippen molar-refractivity contribution in [2.24, 2.45) is 5.92 Å². The molecule has 0 aromatic heterocycles. The molecule has 0 radical (unpaired) electrons. The number of nitrogens with zero attached hydrogens (tertiary/aromatic N) is 1. The van der Waals surface area contributed by atoms with E-state index in [1.807, 2.05) is 13.8 Å². The van der Waals surface area contributed by atoms with Gasteiger partial charge in [0.2, 0.25) is 0 Å². The zero-order valence-electron chi connectivity index (χ0n) is 9.45. The van der Waals surface area contributed by atoms with Crippen molar-refractivity contribution >= 4 is 5.97 Å². The molecule has 14 heavy (non-hydrogen) atoms. The molecule has 1 unspecified atom stereocenters. The molecule has 1 rings (SSSR count). The first kappa shape index (κ1) is 11.5. The lowest BCUT2D eigenvalue weighted by atomic mass is 10.0. The van der Waals surface area contributed by atoms with E-state index in [2.05, 4.69) is 11.8 Å². The molecule has 0 aromatic carbocycles. The van der Waals surface area contributed by atoms with Gasteiger partial charge in [0, 0.05) is 6.54 Å². The van der Waals surface area contributed by atoms with Gasteiger partial charge in [0.15, 0.2) is 0 Å². The number of likely N-dealkylation sites (tertiary alicyclic amines) is 1. The molecule has 82 valence electrons. The molecule has 0 saturated carbocycles. The van der Waals surface area contributed by atoms with Crippen molar-refractivity contribution in [2.45, 2.75) is 39.7 Å². The quantitative estimate of drug-likeness (QED) is 0.648. The van der Waals surface area contributed by atoms with Gasteiger partial charge in [-0.2, -0.15) is 0 Å². The molecule has 1 fully saturated rings. The summed E-state index contributed by atoms with van der Waals surface area (Å²) in [5, 5.41) is 0. The third-order valence-corrected chi connectivity index (χ3v) is 2.46. The van der Waals surface area contributed by atoms with E-state index < -0.39 is 0 Å². The van der Waals surface area contributed by atoms with Crippen molar-refractivity contribution in [1.82, 2.24) is 4.90 Å². The summed E-state index contributed by atoms with van der Waals surface area (Å²) in [7, 11) is 0. The Hall–Kier alpha value is -0.570. The van der Waals surface area contributed by atoms with Gasteiger partial charge in [0.05, 0.1) is 12.6 Å². The lowest BCUT2D eigenvalue weighted by molar-refractivity contribution is -0.149. The lowest BCUT2D eigenvalue weighted by Gasteiger charge is -2.29. The van der Waals surface area contributed by atoms with Crippen molar-refractivity contribution in [3.05, 3.63) is 0 Å². The number of hydrogen-bond acceptors (Lipinski definition) is 3. The topological polar surface area (TPSA) is 29.5 Å². The number of hydrogen-bond donors (Lipinski definition) is 0. The average Bonchev–Trinajstić information content (AvgIpc) is 2.01. The zero-order chi connectivity index (χ0) is 10.6. The molecule has 3 heteroatoms. The van der Waals surface area contributed by atoms with Crippen LogP contribution in [0.3, 0.4) is 0 Å². The predicted molar refractivity (Wildman–Crippen MR) is 56.1 cm³/mol. The van der Waals surface area contributed by atoms with Crippen LogP contribution in [0.2, 0.25) is 0 Å². The first-order chi connectivity index (χ1) is 6.58. The molecule has 0 N–H and O–H groups in total. The molecular formula is C11H21NO2. The Kier molecular flexibility index (Phi) is 4.39. The molecule has 1 saturated heterocycles. The highest BCUT2D eigenvalue weighted by Crippen LogP contribution is 2.14. The summed E-state index contributed by atoms with van der Waals surface area (Å²) < 4.78 is 5.11. The highest BCUT2D eigenvalue weighted by molar-refractivity contribution is 5.71. The van der Waals surface area contributed by atoms with Gasteiger partial charge in [0.1, 0.15) is 0 Å². The molecule has 1 aliphatic rings. The molecule has 1 heterocycles. The van der Waals surface area contributed by atoms with E-state index in [0.717, 1.165) is 19.0 Å². The largest absolute Gasteiger partial charge is 0.462 e. The Balaban J connectivity index is 2.25. The van der Waals surface area contributed by atoms with Gasteiger partial charge in [-0.1, -0.05) is 6.92 Å². The van der Waals surface area contributed by atoms with E-state index in [4.69, 9.17) is 4.74 Å². The van der Waals surface area contributed by atoms with E-state index in [-0.39, 0.29) is 12.1 Å². The van der Waals surface area contributed by atoms with Crippen LogP contribution in [0.15, 0.2) is 0 Å². The molecule has 0 aliphatic carbocycles. The van der Waals surface area contributed by atoms with Gasteiger partial charge in [-0.05, 0) is 39.2 Å². The third kappa shape index (κ3) is 4.09. The number of carbonyl (C=O) groups excluding carboxylic acids is 1. The minimum absolute atomic E-state index is 0.00436. The van der Waals surface area contributed by atoms with Gasteiger partial charge >= 0.3 is 5.97 Å². The second-order valence-electron chi connectivity index (χ2n) is 4.52. The Labute approximate surface area is 86.4 Å². The van der Waals surface area contributed by atoms with Crippen LogP contribution in [-0.2, 0) is 9.53 Å². The summed E-state index contributed by atoms with van der Waals surface area (Å²) in [5.41, 5.74) is 0. The molecule has 0 aromatic rings. The maximum atomic E-state index is 11.4. The van der Waals surface area contributed by atoms with E-state index in [0.29, 0.717) is 6.54 Å².